The quantitative estimate of drug-likeness (QED) is 0.163. The third kappa shape index (κ3) is 4.68. The largest absolute Gasteiger partial charge is 0.454 e. The third-order valence-electron chi connectivity index (χ3n) is 14.2. The molecule has 0 spiro atoms. The topological polar surface area (TPSA) is 19.6 Å². The molecule has 4 aliphatic rings. The first-order chi connectivity index (χ1) is 28.6. The van der Waals surface area contributed by atoms with Gasteiger partial charge in [0.2, 0.25) is 0 Å². The summed E-state index contributed by atoms with van der Waals surface area (Å²) in [4.78, 5) is 5.33. The van der Waals surface area contributed by atoms with Crippen LogP contribution in [-0.4, -0.2) is 13.6 Å². The van der Waals surface area contributed by atoms with Crippen molar-refractivity contribution in [1.29, 1.82) is 0 Å². The fourth-order valence-electron chi connectivity index (χ4n) is 11.0. The van der Waals surface area contributed by atoms with E-state index in [1.54, 1.807) is 0 Å². The van der Waals surface area contributed by atoms with E-state index in [4.69, 9.17) is 4.42 Å². The van der Waals surface area contributed by atoms with Gasteiger partial charge in [-0.25, -0.2) is 0 Å². The highest BCUT2D eigenvalue weighted by Crippen LogP contribution is 2.52. The second kappa shape index (κ2) is 12.3. The molecule has 3 nitrogen and oxygen atoms in total. The van der Waals surface area contributed by atoms with Gasteiger partial charge in [0.15, 0.2) is 5.58 Å². The SMILES string of the molecule is CC(C)c1ccc(N2c3ccc4c5c3B(c3cc(C(C)C)cc6c3N5B(c3cc(C(C)C)ccc3-6)c3cc(C(C)C)ccc3-4)c3ccc4c(oc5ccccc54)c32)cc1. The maximum absolute atomic E-state index is 7.00. The van der Waals surface area contributed by atoms with Crippen molar-refractivity contribution in [3.63, 3.8) is 0 Å². The van der Waals surface area contributed by atoms with Crippen LogP contribution in [0.2, 0.25) is 0 Å². The predicted molar refractivity (Wildman–Crippen MR) is 254 cm³/mol. The van der Waals surface area contributed by atoms with Gasteiger partial charge < -0.3 is 14.1 Å². The molecule has 0 saturated carbocycles. The summed E-state index contributed by atoms with van der Waals surface area (Å²) in [6.07, 6.45) is 0. The van der Waals surface area contributed by atoms with Crippen molar-refractivity contribution in [2.75, 3.05) is 9.71 Å². The minimum Gasteiger partial charge on any atom is -0.454 e. The minimum absolute atomic E-state index is 0.0103. The van der Waals surface area contributed by atoms with Crippen molar-refractivity contribution in [2.45, 2.75) is 79.1 Å². The molecule has 0 atom stereocenters. The smallest absolute Gasteiger partial charge is 0.329 e. The van der Waals surface area contributed by atoms with Gasteiger partial charge in [0.05, 0.1) is 5.69 Å². The lowest BCUT2D eigenvalue weighted by molar-refractivity contribution is 0.669. The molecule has 0 bridgehead atoms. The van der Waals surface area contributed by atoms with E-state index in [-0.39, 0.29) is 13.6 Å². The lowest BCUT2D eigenvalue weighted by Crippen LogP contribution is -2.69. The van der Waals surface area contributed by atoms with Crippen molar-refractivity contribution >= 4 is 91.2 Å². The second-order valence-corrected chi connectivity index (χ2v) is 18.8. The van der Waals surface area contributed by atoms with Crippen molar-refractivity contribution in [2.24, 2.45) is 0 Å². The average molecular weight is 763 g/mol. The van der Waals surface area contributed by atoms with E-state index in [2.05, 4.69) is 186 Å². The molecule has 5 heteroatoms. The van der Waals surface area contributed by atoms with Gasteiger partial charge in [-0.15, -0.1) is 0 Å². The fraction of sp³-hybridized carbons (Fsp3) is 0.222. The number of para-hydroxylation sites is 1. The Morgan fingerprint density at radius 1 is 0.458 bits per heavy atom. The summed E-state index contributed by atoms with van der Waals surface area (Å²) in [6.45, 7) is 18.6. The molecular formula is C54H48B2N2O. The molecule has 12 rings (SSSR count). The van der Waals surface area contributed by atoms with Crippen LogP contribution < -0.4 is 37.0 Å². The van der Waals surface area contributed by atoms with E-state index >= 15 is 0 Å². The van der Waals surface area contributed by atoms with Gasteiger partial charge in [-0.05, 0) is 115 Å². The van der Waals surface area contributed by atoms with E-state index in [9.17, 15) is 0 Å². The Bertz CT molecular complexity index is 3100. The molecule has 7 aromatic carbocycles. The van der Waals surface area contributed by atoms with E-state index in [0.717, 1.165) is 33.3 Å². The van der Waals surface area contributed by atoms with Gasteiger partial charge in [-0.3, -0.25) is 0 Å². The molecule has 0 fully saturated rings. The Morgan fingerprint density at radius 3 is 1.75 bits per heavy atom. The van der Waals surface area contributed by atoms with E-state index < -0.39 is 0 Å². The number of nitrogens with zero attached hydrogens (tertiary/aromatic N) is 2. The molecule has 0 amide bonds. The summed E-state index contributed by atoms with van der Waals surface area (Å²) in [7, 11) is 0. The Morgan fingerprint density at radius 2 is 1.07 bits per heavy atom. The number of rotatable bonds is 5. The first kappa shape index (κ1) is 35.1. The zero-order valence-corrected chi connectivity index (χ0v) is 35.3. The standard InChI is InChI=1S/C54H48B2N2O/c1-29(2)33-13-17-37(18-14-33)57-48-24-22-41-38-19-15-34(30(3)4)26-45(38)56-46-27-35(31(5)6)16-20-39(46)43-25-36(32(7)8)28-47-51(43)58(56)52(41)50(48)55(47)44-23-21-42-40-11-9-10-12-49(40)59-54(42)53(44)57/h9-32H,1-8H3. The van der Waals surface area contributed by atoms with Crippen LogP contribution in [0.15, 0.2) is 126 Å². The summed E-state index contributed by atoms with van der Waals surface area (Å²) >= 11 is 0. The van der Waals surface area contributed by atoms with Crippen LogP contribution in [0, 0.1) is 0 Å². The summed E-state index contributed by atoms with van der Waals surface area (Å²) in [5.41, 5.74) is 26.0. The van der Waals surface area contributed by atoms with Crippen LogP contribution in [0.4, 0.5) is 28.4 Å². The van der Waals surface area contributed by atoms with Crippen LogP contribution in [0.25, 0.3) is 44.2 Å². The van der Waals surface area contributed by atoms with Crippen molar-refractivity contribution < 1.29 is 4.42 Å². The minimum atomic E-state index is 0.0103. The van der Waals surface area contributed by atoms with Crippen LogP contribution >= 0.6 is 0 Å². The molecule has 8 aromatic rings. The zero-order chi connectivity index (χ0) is 40.2. The number of benzene rings is 7. The van der Waals surface area contributed by atoms with Gasteiger partial charge in [0, 0.05) is 44.6 Å². The lowest BCUT2D eigenvalue weighted by atomic mass is 9.30. The van der Waals surface area contributed by atoms with Gasteiger partial charge in [0.1, 0.15) is 5.58 Å². The Kier molecular flexibility index (Phi) is 7.31. The predicted octanol–water partition coefficient (Wildman–Crippen LogP) is 11.6. The molecule has 0 unspecified atom stereocenters. The molecule has 4 aliphatic heterocycles. The number of hydrogen-bond donors (Lipinski definition) is 0. The normalized spacial score (nSPS) is 14.2. The summed E-state index contributed by atoms with van der Waals surface area (Å²) < 4.78 is 7.00. The highest BCUT2D eigenvalue weighted by molar-refractivity contribution is 7.03. The number of anilines is 5. The lowest BCUT2D eigenvalue weighted by Gasteiger charge is -2.52. The number of fused-ring (bicyclic) bond motifs is 13. The Labute approximate surface area is 348 Å². The summed E-state index contributed by atoms with van der Waals surface area (Å²) in [5.74, 6) is 1.67. The molecule has 0 radical (unpaired) electrons. The maximum Gasteiger partial charge on any atom is 0.329 e. The molecule has 0 aliphatic carbocycles. The monoisotopic (exact) mass is 762 g/mol. The zero-order valence-electron chi connectivity index (χ0n) is 35.3. The third-order valence-corrected chi connectivity index (χ3v) is 14.2. The molecule has 59 heavy (non-hydrogen) atoms. The Hall–Kier alpha value is -5.93. The number of furan rings is 1. The number of hydrogen-bond acceptors (Lipinski definition) is 3. The summed E-state index contributed by atoms with van der Waals surface area (Å²) in [6, 6.07) is 47.3. The van der Waals surface area contributed by atoms with Gasteiger partial charge in [-0.1, -0.05) is 146 Å². The molecule has 5 heterocycles. The van der Waals surface area contributed by atoms with Crippen LogP contribution in [0.5, 0.6) is 0 Å². The first-order valence-corrected chi connectivity index (χ1v) is 21.9. The van der Waals surface area contributed by atoms with Crippen LogP contribution in [0.3, 0.4) is 0 Å². The average Bonchev–Trinajstić information content (AvgIpc) is 3.63. The van der Waals surface area contributed by atoms with E-state index in [1.165, 1.54) is 88.9 Å². The summed E-state index contributed by atoms with van der Waals surface area (Å²) in [5, 5.41) is 2.31. The molecule has 0 saturated heterocycles. The first-order valence-electron chi connectivity index (χ1n) is 21.9. The van der Waals surface area contributed by atoms with Crippen LogP contribution in [0.1, 0.15) is 101 Å². The second-order valence-electron chi connectivity index (χ2n) is 18.8. The maximum atomic E-state index is 7.00. The molecule has 0 N–H and O–H groups in total. The van der Waals surface area contributed by atoms with Gasteiger partial charge in [-0.2, -0.15) is 0 Å². The molecule has 286 valence electrons. The highest BCUT2D eigenvalue weighted by Gasteiger charge is 2.52. The molecule has 1 aromatic heterocycles. The van der Waals surface area contributed by atoms with Crippen molar-refractivity contribution in [3.8, 4) is 22.3 Å². The van der Waals surface area contributed by atoms with Crippen molar-refractivity contribution in [1.82, 2.24) is 0 Å². The highest BCUT2D eigenvalue weighted by atomic mass is 16.3. The molecular weight excluding hydrogens is 714 g/mol. The van der Waals surface area contributed by atoms with E-state index in [0.29, 0.717) is 23.7 Å². The van der Waals surface area contributed by atoms with E-state index in [1.807, 2.05) is 0 Å². The van der Waals surface area contributed by atoms with Gasteiger partial charge in [0.25, 0.3) is 6.71 Å². The van der Waals surface area contributed by atoms with Crippen molar-refractivity contribution in [3.05, 3.63) is 144 Å². The Balaban J connectivity index is 1.26. The fourth-order valence-corrected chi connectivity index (χ4v) is 11.0. The van der Waals surface area contributed by atoms with Gasteiger partial charge >= 0.3 is 6.85 Å². The van der Waals surface area contributed by atoms with Crippen LogP contribution in [-0.2, 0) is 0 Å².